The summed E-state index contributed by atoms with van der Waals surface area (Å²) >= 11 is 3.49. The van der Waals surface area contributed by atoms with Gasteiger partial charge in [0.25, 0.3) is 11.8 Å². The third kappa shape index (κ3) is 2.90. The molecule has 2 heterocycles. The summed E-state index contributed by atoms with van der Waals surface area (Å²) in [6.07, 6.45) is 1.33. The van der Waals surface area contributed by atoms with Crippen molar-refractivity contribution < 1.29 is 18.8 Å². The fraction of sp³-hybridized carbons (Fsp3) is 0.118. The molecule has 0 unspecified atom stereocenters. The van der Waals surface area contributed by atoms with Crippen LogP contribution in [0, 0.1) is 6.92 Å². The first-order chi connectivity index (χ1) is 11.4. The molecule has 1 N–H and O–H groups in total. The molecule has 0 radical (unpaired) electrons. The second-order valence-corrected chi connectivity index (χ2v) is 6.22. The Morgan fingerprint density at radius 3 is 2.62 bits per heavy atom. The average molecular weight is 389 g/mol. The van der Waals surface area contributed by atoms with Crippen molar-refractivity contribution in [1.82, 2.24) is 10.2 Å². The van der Waals surface area contributed by atoms with Crippen LogP contribution < -0.4 is 5.32 Å². The molecule has 1 aliphatic heterocycles. The Morgan fingerprint density at radius 2 is 1.92 bits per heavy atom. The van der Waals surface area contributed by atoms with E-state index in [4.69, 9.17) is 4.42 Å². The van der Waals surface area contributed by atoms with Crippen LogP contribution >= 0.6 is 15.9 Å². The zero-order valence-corrected chi connectivity index (χ0v) is 14.5. The Hall–Kier alpha value is -2.67. The summed E-state index contributed by atoms with van der Waals surface area (Å²) in [5, 5.41) is 2.09. The number of imide groups is 2. The van der Waals surface area contributed by atoms with E-state index in [-0.39, 0.29) is 5.57 Å². The number of nitrogens with one attached hydrogen (secondary N) is 1. The van der Waals surface area contributed by atoms with Crippen LogP contribution in [0.5, 0.6) is 0 Å². The number of likely N-dealkylation sites (N-methyl/N-ethyl adjacent to an activating group) is 1. The average Bonchev–Trinajstić information content (AvgIpc) is 2.98. The molecule has 1 aromatic heterocycles. The van der Waals surface area contributed by atoms with Gasteiger partial charge in [-0.05, 0) is 42.8 Å². The van der Waals surface area contributed by atoms with Crippen molar-refractivity contribution in [3.8, 4) is 11.3 Å². The Kier molecular flexibility index (Phi) is 4.11. The Labute approximate surface area is 146 Å². The predicted molar refractivity (Wildman–Crippen MR) is 90.9 cm³/mol. The number of amides is 4. The molecule has 3 rings (SSSR count). The monoisotopic (exact) mass is 388 g/mol. The smallest absolute Gasteiger partial charge is 0.331 e. The minimum Gasteiger partial charge on any atom is -0.457 e. The highest BCUT2D eigenvalue weighted by Crippen LogP contribution is 2.31. The van der Waals surface area contributed by atoms with Crippen molar-refractivity contribution >= 4 is 39.9 Å². The van der Waals surface area contributed by atoms with E-state index < -0.39 is 17.8 Å². The molecular formula is C17H13BrN2O4. The summed E-state index contributed by atoms with van der Waals surface area (Å²) in [5.74, 6) is -0.462. The van der Waals surface area contributed by atoms with Crippen LogP contribution in [0.1, 0.15) is 11.3 Å². The molecule has 7 heteroatoms. The van der Waals surface area contributed by atoms with Gasteiger partial charge in [-0.15, -0.1) is 0 Å². The third-order valence-electron chi connectivity index (χ3n) is 3.61. The maximum absolute atomic E-state index is 12.0. The molecule has 1 aliphatic rings. The quantitative estimate of drug-likeness (QED) is 0.632. The van der Waals surface area contributed by atoms with Crippen LogP contribution in [0.4, 0.5) is 4.79 Å². The number of carbonyl (C=O) groups is 3. The normalized spacial score (nSPS) is 16.7. The van der Waals surface area contributed by atoms with Gasteiger partial charge in [-0.1, -0.05) is 22.0 Å². The molecule has 24 heavy (non-hydrogen) atoms. The molecule has 0 bridgehead atoms. The van der Waals surface area contributed by atoms with Gasteiger partial charge in [0.2, 0.25) is 0 Å². The van der Waals surface area contributed by atoms with Crippen LogP contribution in [0.25, 0.3) is 17.4 Å². The molecule has 0 atom stereocenters. The maximum atomic E-state index is 12.0. The van der Waals surface area contributed by atoms with Gasteiger partial charge in [-0.3, -0.25) is 19.8 Å². The Bertz CT molecular complexity index is 898. The maximum Gasteiger partial charge on any atom is 0.331 e. The van der Waals surface area contributed by atoms with Gasteiger partial charge in [0, 0.05) is 17.1 Å². The molecule has 0 aliphatic carbocycles. The molecule has 0 saturated carbocycles. The number of rotatable bonds is 2. The van der Waals surface area contributed by atoms with Crippen molar-refractivity contribution in [3.63, 3.8) is 0 Å². The van der Waals surface area contributed by atoms with Crippen molar-refractivity contribution in [3.05, 3.63) is 51.7 Å². The van der Waals surface area contributed by atoms with Gasteiger partial charge in [-0.2, -0.15) is 0 Å². The van der Waals surface area contributed by atoms with Crippen LogP contribution in [-0.2, 0) is 9.59 Å². The minimum atomic E-state index is -0.745. The molecule has 1 saturated heterocycles. The molecule has 1 fully saturated rings. The minimum absolute atomic E-state index is 0.152. The van der Waals surface area contributed by atoms with Gasteiger partial charge in [0.05, 0.1) is 0 Å². The number of nitrogens with zero attached hydrogens (tertiary/aromatic N) is 1. The highest BCUT2D eigenvalue weighted by atomic mass is 79.9. The van der Waals surface area contributed by atoms with Gasteiger partial charge in [-0.25, -0.2) is 4.79 Å². The van der Waals surface area contributed by atoms with Crippen LogP contribution in [0.3, 0.4) is 0 Å². The number of benzene rings is 1. The first kappa shape index (κ1) is 16.2. The zero-order chi connectivity index (χ0) is 17.4. The molecule has 122 valence electrons. The lowest BCUT2D eigenvalue weighted by molar-refractivity contribution is -0.129. The number of barbiturate groups is 1. The van der Waals surface area contributed by atoms with E-state index in [1.165, 1.54) is 13.1 Å². The van der Waals surface area contributed by atoms with Crippen molar-refractivity contribution in [2.24, 2.45) is 0 Å². The first-order valence-electron chi connectivity index (χ1n) is 7.08. The van der Waals surface area contributed by atoms with E-state index >= 15 is 0 Å². The van der Waals surface area contributed by atoms with Crippen LogP contribution in [0.2, 0.25) is 0 Å². The van der Waals surface area contributed by atoms with E-state index in [1.807, 2.05) is 25.1 Å². The number of aryl methyl sites for hydroxylation is 1. The number of hydrogen-bond acceptors (Lipinski definition) is 4. The van der Waals surface area contributed by atoms with E-state index in [0.717, 1.165) is 20.5 Å². The molecule has 0 spiro atoms. The molecule has 2 aromatic rings. The summed E-state index contributed by atoms with van der Waals surface area (Å²) < 4.78 is 6.59. The van der Waals surface area contributed by atoms with Gasteiger partial charge in [0.15, 0.2) is 0 Å². The summed E-state index contributed by atoms with van der Waals surface area (Å²) in [5.41, 5.74) is 1.81. The largest absolute Gasteiger partial charge is 0.457 e. The van der Waals surface area contributed by atoms with E-state index in [2.05, 4.69) is 21.2 Å². The fourth-order valence-corrected chi connectivity index (χ4v) is 2.97. The van der Waals surface area contributed by atoms with Crippen molar-refractivity contribution in [2.75, 3.05) is 7.05 Å². The molecular weight excluding hydrogens is 376 g/mol. The highest BCUT2D eigenvalue weighted by molar-refractivity contribution is 9.10. The summed E-state index contributed by atoms with van der Waals surface area (Å²) in [6, 6.07) is 8.51. The van der Waals surface area contributed by atoms with Crippen LogP contribution in [-0.4, -0.2) is 29.8 Å². The Balaban J connectivity index is 1.95. The van der Waals surface area contributed by atoms with Gasteiger partial charge in [0.1, 0.15) is 17.1 Å². The third-order valence-corrected chi connectivity index (χ3v) is 4.26. The van der Waals surface area contributed by atoms with Gasteiger partial charge >= 0.3 is 6.03 Å². The summed E-state index contributed by atoms with van der Waals surface area (Å²) in [4.78, 5) is 36.1. The van der Waals surface area contributed by atoms with E-state index in [0.29, 0.717) is 11.5 Å². The number of furan rings is 1. The zero-order valence-electron chi connectivity index (χ0n) is 12.9. The first-order valence-corrected chi connectivity index (χ1v) is 7.87. The lowest BCUT2D eigenvalue weighted by atomic mass is 10.1. The van der Waals surface area contributed by atoms with Crippen LogP contribution in [0.15, 0.2) is 44.8 Å². The molecule has 1 aromatic carbocycles. The van der Waals surface area contributed by atoms with Gasteiger partial charge < -0.3 is 4.42 Å². The lowest BCUT2D eigenvalue weighted by Gasteiger charge is -2.21. The van der Waals surface area contributed by atoms with E-state index in [1.54, 1.807) is 12.1 Å². The number of urea groups is 1. The summed E-state index contributed by atoms with van der Waals surface area (Å²) in [6.45, 7) is 1.98. The fourth-order valence-electron chi connectivity index (χ4n) is 2.28. The lowest BCUT2D eigenvalue weighted by Crippen LogP contribution is -2.52. The van der Waals surface area contributed by atoms with E-state index in [9.17, 15) is 14.4 Å². The SMILES string of the molecule is Cc1ccc(-c2ccc(/C=C3\C(=O)NC(=O)N(C)C3=O)o2)c(Br)c1. The topological polar surface area (TPSA) is 79.6 Å². The van der Waals surface area contributed by atoms with Crippen molar-refractivity contribution in [2.45, 2.75) is 6.92 Å². The number of halogens is 1. The molecule has 6 nitrogen and oxygen atoms in total. The second kappa shape index (κ2) is 6.09. The highest BCUT2D eigenvalue weighted by Gasteiger charge is 2.33. The standard InChI is InChI=1S/C17H13BrN2O4/c1-9-3-5-11(13(18)7-9)14-6-4-10(24-14)8-12-15(21)19-17(23)20(2)16(12)22/h3-8H,1-2H3,(H,19,21,23)/b12-8+. The second-order valence-electron chi connectivity index (χ2n) is 5.37. The number of hydrogen-bond donors (Lipinski definition) is 1. The molecule has 4 amide bonds. The number of carbonyl (C=O) groups excluding carboxylic acids is 3. The Morgan fingerprint density at radius 1 is 1.17 bits per heavy atom. The summed E-state index contributed by atoms with van der Waals surface area (Å²) in [7, 11) is 1.30. The van der Waals surface area contributed by atoms with Crippen molar-refractivity contribution in [1.29, 1.82) is 0 Å². The predicted octanol–water partition coefficient (Wildman–Crippen LogP) is 3.11.